The van der Waals surface area contributed by atoms with Gasteiger partial charge in [-0.05, 0) is 48.4 Å². The van der Waals surface area contributed by atoms with Gasteiger partial charge in [-0.2, -0.15) is 0 Å². The van der Waals surface area contributed by atoms with Crippen molar-refractivity contribution in [1.29, 1.82) is 0 Å². The van der Waals surface area contributed by atoms with Crippen LogP contribution < -0.4 is 16.6 Å². The van der Waals surface area contributed by atoms with E-state index in [4.69, 9.17) is 10.7 Å². The van der Waals surface area contributed by atoms with E-state index in [-0.39, 0.29) is 17.2 Å². The van der Waals surface area contributed by atoms with Crippen molar-refractivity contribution in [3.63, 3.8) is 0 Å². The number of carbonyl (C=O) groups excluding carboxylic acids is 2. The summed E-state index contributed by atoms with van der Waals surface area (Å²) in [6.07, 6.45) is 2.69. The molecule has 4 aromatic heterocycles. The van der Waals surface area contributed by atoms with Gasteiger partial charge in [0.05, 0.1) is 22.4 Å². The average Bonchev–Trinajstić information content (AvgIpc) is 3.67. The van der Waals surface area contributed by atoms with Crippen LogP contribution in [0.5, 0.6) is 0 Å². The van der Waals surface area contributed by atoms with Crippen LogP contribution in [-0.4, -0.2) is 27.1 Å². The number of thiophene rings is 3. The molecule has 1 aromatic carbocycles. The summed E-state index contributed by atoms with van der Waals surface area (Å²) in [4.78, 5) is 46.4. The van der Waals surface area contributed by atoms with Crippen LogP contribution in [0.4, 0.5) is 5.00 Å². The van der Waals surface area contributed by atoms with Crippen molar-refractivity contribution in [2.45, 2.75) is 24.4 Å². The number of hydrogen-bond donors (Lipinski definition) is 2. The van der Waals surface area contributed by atoms with Gasteiger partial charge in [0, 0.05) is 20.7 Å². The SMILES string of the molecule is NC(=O)c1c(NC(=O)CSc2nc3scc(-c4cccs4)c3c(=O)n2-c2ccccc2)sc2c1CCC2. The van der Waals surface area contributed by atoms with E-state index in [1.165, 1.54) is 34.4 Å². The van der Waals surface area contributed by atoms with Crippen molar-refractivity contribution in [1.82, 2.24) is 9.55 Å². The number of rotatable bonds is 7. The van der Waals surface area contributed by atoms with E-state index in [0.29, 0.717) is 31.6 Å². The van der Waals surface area contributed by atoms with E-state index >= 15 is 0 Å². The minimum absolute atomic E-state index is 0.0225. The van der Waals surface area contributed by atoms with E-state index < -0.39 is 5.91 Å². The van der Waals surface area contributed by atoms with Crippen molar-refractivity contribution in [3.8, 4) is 16.1 Å². The van der Waals surface area contributed by atoms with Gasteiger partial charge in [-0.15, -0.1) is 34.0 Å². The zero-order chi connectivity index (χ0) is 25.5. The Morgan fingerprint density at radius 1 is 1.11 bits per heavy atom. The second kappa shape index (κ2) is 9.90. The Morgan fingerprint density at radius 2 is 1.95 bits per heavy atom. The molecule has 0 atom stereocenters. The van der Waals surface area contributed by atoms with Gasteiger partial charge in [0.2, 0.25) is 5.91 Å². The molecule has 0 aliphatic heterocycles. The molecule has 186 valence electrons. The number of carbonyl (C=O) groups is 2. The lowest BCUT2D eigenvalue weighted by atomic mass is 10.1. The highest BCUT2D eigenvalue weighted by Crippen LogP contribution is 2.39. The Morgan fingerprint density at radius 3 is 2.70 bits per heavy atom. The van der Waals surface area contributed by atoms with Crippen molar-refractivity contribution in [3.05, 3.63) is 79.6 Å². The third kappa shape index (κ3) is 4.42. The number of nitrogens with zero attached hydrogens (tertiary/aromatic N) is 2. The van der Waals surface area contributed by atoms with Crippen molar-refractivity contribution >= 4 is 72.8 Å². The van der Waals surface area contributed by atoms with Gasteiger partial charge in [-0.25, -0.2) is 4.98 Å². The molecule has 5 aromatic rings. The zero-order valence-corrected chi connectivity index (χ0v) is 22.6. The topological polar surface area (TPSA) is 107 Å². The summed E-state index contributed by atoms with van der Waals surface area (Å²) in [5.74, 6) is -0.784. The highest BCUT2D eigenvalue weighted by molar-refractivity contribution is 7.99. The maximum Gasteiger partial charge on any atom is 0.268 e. The minimum Gasteiger partial charge on any atom is -0.365 e. The number of fused-ring (bicyclic) bond motifs is 2. The van der Waals surface area contributed by atoms with Gasteiger partial charge >= 0.3 is 0 Å². The fourth-order valence-electron chi connectivity index (χ4n) is 4.53. The van der Waals surface area contributed by atoms with Gasteiger partial charge in [0.25, 0.3) is 11.5 Å². The van der Waals surface area contributed by atoms with Gasteiger partial charge < -0.3 is 11.1 Å². The molecular weight excluding hydrogens is 545 g/mol. The lowest BCUT2D eigenvalue weighted by Gasteiger charge is -2.12. The number of para-hydroxylation sites is 1. The predicted molar refractivity (Wildman–Crippen MR) is 153 cm³/mol. The number of hydrogen-bond acceptors (Lipinski definition) is 8. The molecule has 3 N–H and O–H groups in total. The number of benzene rings is 1. The number of anilines is 1. The normalized spacial score (nSPS) is 12.6. The summed E-state index contributed by atoms with van der Waals surface area (Å²) in [5, 5.41) is 8.33. The lowest BCUT2D eigenvalue weighted by molar-refractivity contribution is -0.113. The second-order valence-electron chi connectivity index (χ2n) is 8.44. The van der Waals surface area contributed by atoms with Crippen LogP contribution in [0, 0.1) is 0 Å². The maximum absolute atomic E-state index is 13.8. The summed E-state index contributed by atoms with van der Waals surface area (Å²) in [7, 11) is 0. The lowest BCUT2D eigenvalue weighted by Crippen LogP contribution is -2.23. The predicted octanol–water partition coefficient (Wildman–Crippen LogP) is 5.56. The van der Waals surface area contributed by atoms with Crippen LogP contribution in [-0.2, 0) is 17.6 Å². The molecule has 0 radical (unpaired) electrons. The standard InChI is InChI=1S/C26H20N4O3S4/c27-22(32)20-15-8-4-9-18(15)37-24(20)28-19(31)13-36-26-29-23-21(16(12-35-23)17-10-5-11-34-17)25(33)30(26)14-6-2-1-3-7-14/h1-3,5-7,10-12H,4,8-9,13H2,(H2,27,32)(H,28,31). The first-order valence-electron chi connectivity index (χ1n) is 11.5. The molecule has 6 rings (SSSR count). The quantitative estimate of drug-likeness (QED) is 0.199. The van der Waals surface area contributed by atoms with Gasteiger partial charge in [-0.1, -0.05) is 36.0 Å². The first kappa shape index (κ1) is 24.1. The number of nitrogens with two attached hydrogens (primary N) is 1. The Hall–Kier alpha value is -3.25. The molecule has 11 heteroatoms. The van der Waals surface area contributed by atoms with Crippen molar-refractivity contribution in [2.24, 2.45) is 5.73 Å². The molecule has 4 heterocycles. The van der Waals surface area contributed by atoms with Crippen LogP contribution in [0.3, 0.4) is 0 Å². The highest BCUT2D eigenvalue weighted by Gasteiger charge is 2.26. The van der Waals surface area contributed by atoms with E-state index in [9.17, 15) is 14.4 Å². The first-order chi connectivity index (χ1) is 18.0. The van der Waals surface area contributed by atoms with Crippen molar-refractivity contribution in [2.75, 3.05) is 11.1 Å². The smallest absolute Gasteiger partial charge is 0.268 e. The Kier molecular flexibility index (Phi) is 6.45. The van der Waals surface area contributed by atoms with Crippen LogP contribution in [0.25, 0.3) is 26.3 Å². The first-order valence-corrected chi connectivity index (χ1v) is 15.1. The third-order valence-corrected chi connectivity index (χ3v) is 10.1. The van der Waals surface area contributed by atoms with E-state index in [1.54, 1.807) is 15.9 Å². The van der Waals surface area contributed by atoms with Gasteiger partial charge in [0.1, 0.15) is 9.83 Å². The largest absolute Gasteiger partial charge is 0.365 e. The maximum atomic E-state index is 13.8. The summed E-state index contributed by atoms with van der Waals surface area (Å²) >= 11 is 5.61. The number of nitrogens with one attached hydrogen (secondary N) is 1. The molecule has 0 spiro atoms. The second-order valence-corrected chi connectivity index (χ2v) is 12.3. The molecule has 1 aliphatic carbocycles. The van der Waals surface area contributed by atoms with E-state index in [1.807, 2.05) is 53.2 Å². The minimum atomic E-state index is -0.522. The van der Waals surface area contributed by atoms with Crippen LogP contribution in [0.15, 0.2) is 63.2 Å². The van der Waals surface area contributed by atoms with Crippen LogP contribution in [0.1, 0.15) is 27.2 Å². The summed E-state index contributed by atoms with van der Waals surface area (Å²) in [6.45, 7) is 0. The molecular formula is C26H20N4O3S4. The molecule has 1 aliphatic rings. The average molecular weight is 565 g/mol. The number of thioether (sulfide) groups is 1. The molecule has 0 saturated heterocycles. The summed E-state index contributed by atoms with van der Waals surface area (Å²) < 4.78 is 1.57. The number of aryl methyl sites for hydroxylation is 1. The zero-order valence-electron chi connectivity index (χ0n) is 19.4. The summed E-state index contributed by atoms with van der Waals surface area (Å²) in [6, 6.07) is 13.3. The molecule has 0 bridgehead atoms. The van der Waals surface area contributed by atoms with Crippen LogP contribution >= 0.6 is 45.8 Å². The van der Waals surface area contributed by atoms with Crippen molar-refractivity contribution < 1.29 is 9.59 Å². The van der Waals surface area contributed by atoms with E-state index in [0.717, 1.165) is 40.1 Å². The fraction of sp³-hybridized carbons (Fsp3) is 0.154. The Balaban J connectivity index is 1.34. The molecule has 0 unspecified atom stereocenters. The third-order valence-electron chi connectivity index (χ3n) is 6.13. The Bertz CT molecular complexity index is 1700. The molecule has 0 fully saturated rings. The highest BCUT2D eigenvalue weighted by atomic mass is 32.2. The van der Waals surface area contributed by atoms with E-state index in [2.05, 4.69) is 5.32 Å². The summed E-state index contributed by atoms with van der Waals surface area (Å²) in [5.41, 5.74) is 8.40. The molecule has 0 saturated carbocycles. The Labute approximate surface area is 228 Å². The molecule has 2 amide bonds. The monoisotopic (exact) mass is 564 g/mol. The number of aromatic nitrogens is 2. The van der Waals surface area contributed by atoms with Crippen LogP contribution in [0.2, 0.25) is 0 Å². The fourth-order valence-corrected chi connectivity index (χ4v) is 8.46. The van der Waals surface area contributed by atoms with Gasteiger partial charge in [0.15, 0.2) is 5.16 Å². The van der Waals surface area contributed by atoms with Gasteiger partial charge in [-0.3, -0.25) is 19.0 Å². The number of primary amides is 1. The molecule has 7 nitrogen and oxygen atoms in total. The number of amides is 2. The molecule has 37 heavy (non-hydrogen) atoms.